The van der Waals surface area contributed by atoms with Crippen molar-refractivity contribution in [2.75, 3.05) is 26.2 Å². The fourth-order valence-corrected chi connectivity index (χ4v) is 4.35. The largest absolute Gasteiger partial charge is 0.395 e. The standard InChI is InChI=1S/C24H24N6O3/c31-12-10-25-24(33)18-13-21(26-19-6-2-1-5-17(18)19)16-9-11-29(14-16)23(32)15-30-22-8-4-3-7-20(22)27-28-30/h1-8,13,16,31H,9-12,14-15H2,(H,25,33)/t16-/m0/s1. The van der Waals surface area contributed by atoms with Crippen molar-refractivity contribution < 1.29 is 14.7 Å². The van der Waals surface area contributed by atoms with E-state index in [1.54, 1.807) is 4.68 Å². The van der Waals surface area contributed by atoms with Crippen LogP contribution in [0.5, 0.6) is 0 Å². The number of amides is 2. The van der Waals surface area contributed by atoms with Gasteiger partial charge < -0.3 is 15.3 Å². The van der Waals surface area contributed by atoms with E-state index in [9.17, 15) is 9.59 Å². The molecule has 2 N–H and O–H groups in total. The molecule has 1 atom stereocenters. The first kappa shape index (κ1) is 21.0. The molecule has 4 aromatic rings. The number of aliphatic hydroxyl groups is 1. The lowest BCUT2D eigenvalue weighted by molar-refractivity contribution is -0.130. The van der Waals surface area contributed by atoms with Crippen molar-refractivity contribution in [1.29, 1.82) is 0 Å². The number of nitrogens with one attached hydrogen (secondary N) is 1. The van der Waals surface area contributed by atoms with E-state index in [1.165, 1.54) is 0 Å². The molecule has 0 saturated carbocycles. The lowest BCUT2D eigenvalue weighted by atomic mass is 9.99. The number of aliphatic hydroxyl groups excluding tert-OH is 1. The fraction of sp³-hybridized carbons (Fsp3) is 0.292. The van der Waals surface area contributed by atoms with Crippen molar-refractivity contribution >= 4 is 33.8 Å². The number of hydrogen-bond donors (Lipinski definition) is 2. The number of benzene rings is 2. The Morgan fingerprint density at radius 1 is 1.09 bits per heavy atom. The van der Waals surface area contributed by atoms with Crippen LogP contribution in [-0.4, -0.2) is 68.0 Å². The summed E-state index contributed by atoms with van der Waals surface area (Å²) in [6, 6.07) is 16.9. The average Bonchev–Trinajstić information content (AvgIpc) is 3.50. The van der Waals surface area contributed by atoms with Gasteiger partial charge in [-0.25, -0.2) is 4.68 Å². The highest BCUT2D eigenvalue weighted by atomic mass is 16.3. The summed E-state index contributed by atoms with van der Waals surface area (Å²) < 4.78 is 1.63. The molecule has 5 rings (SSSR count). The third kappa shape index (κ3) is 4.14. The van der Waals surface area contributed by atoms with Gasteiger partial charge in [0.2, 0.25) is 5.91 Å². The molecule has 2 amide bonds. The maximum atomic E-state index is 13.0. The van der Waals surface area contributed by atoms with Gasteiger partial charge in [0.1, 0.15) is 12.1 Å². The van der Waals surface area contributed by atoms with Gasteiger partial charge in [0, 0.05) is 36.6 Å². The molecule has 1 aliphatic heterocycles. The molecule has 33 heavy (non-hydrogen) atoms. The number of likely N-dealkylation sites (tertiary alicyclic amines) is 1. The molecular weight excluding hydrogens is 420 g/mol. The molecule has 2 aromatic heterocycles. The molecule has 3 heterocycles. The molecule has 0 bridgehead atoms. The highest BCUT2D eigenvalue weighted by molar-refractivity contribution is 6.06. The Labute approximate surface area is 190 Å². The number of pyridine rings is 1. The van der Waals surface area contributed by atoms with Crippen molar-refractivity contribution in [3.05, 3.63) is 65.9 Å². The van der Waals surface area contributed by atoms with Gasteiger partial charge in [-0.15, -0.1) is 5.10 Å². The van der Waals surface area contributed by atoms with Crippen molar-refractivity contribution in [3.63, 3.8) is 0 Å². The number of nitrogens with zero attached hydrogens (tertiary/aromatic N) is 5. The minimum Gasteiger partial charge on any atom is -0.395 e. The molecule has 2 aromatic carbocycles. The average molecular weight is 444 g/mol. The zero-order valence-corrected chi connectivity index (χ0v) is 18.0. The summed E-state index contributed by atoms with van der Waals surface area (Å²) in [7, 11) is 0. The van der Waals surface area contributed by atoms with Gasteiger partial charge in [0.05, 0.1) is 23.2 Å². The van der Waals surface area contributed by atoms with Crippen LogP contribution < -0.4 is 5.32 Å². The third-order valence-corrected chi connectivity index (χ3v) is 6.04. The Hall–Kier alpha value is -3.85. The summed E-state index contributed by atoms with van der Waals surface area (Å²) in [5.74, 6) is -0.224. The van der Waals surface area contributed by atoms with E-state index in [0.29, 0.717) is 18.7 Å². The van der Waals surface area contributed by atoms with Gasteiger partial charge in [-0.3, -0.25) is 14.6 Å². The highest BCUT2D eigenvalue weighted by Gasteiger charge is 2.29. The van der Waals surface area contributed by atoms with Crippen LogP contribution in [-0.2, 0) is 11.3 Å². The molecule has 9 heteroatoms. The maximum absolute atomic E-state index is 13.0. The van der Waals surface area contributed by atoms with Gasteiger partial charge >= 0.3 is 0 Å². The maximum Gasteiger partial charge on any atom is 0.252 e. The van der Waals surface area contributed by atoms with Gasteiger partial charge in [0.15, 0.2) is 0 Å². The Balaban J connectivity index is 1.35. The topological polar surface area (TPSA) is 113 Å². The molecule has 0 aliphatic carbocycles. The molecule has 1 aliphatic rings. The summed E-state index contributed by atoms with van der Waals surface area (Å²) in [5, 5.41) is 20.8. The molecule has 9 nitrogen and oxygen atoms in total. The summed E-state index contributed by atoms with van der Waals surface area (Å²) in [6.45, 7) is 1.36. The predicted octanol–water partition coefficient (Wildman–Crippen LogP) is 1.72. The monoisotopic (exact) mass is 444 g/mol. The van der Waals surface area contributed by atoms with Crippen molar-refractivity contribution in [2.24, 2.45) is 0 Å². The van der Waals surface area contributed by atoms with E-state index in [2.05, 4.69) is 15.6 Å². The van der Waals surface area contributed by atoms with Crippen LogP contribution in [0.15, 0.2) is 54.6 Å². The number of carbonyl (C=O) groups is 2. The fourth-order valence-electron chi connectivity index (χ4n) is 4.35. The predicted molar refractivity (Wildman–Crippen MR) is 123 cm³/mol. The van der Waals surface area contributed by atoms with E-state index >= 15 is 0 Å². The number of aromatic nitrogens is 4. The Morgan fingerprint density at radius 3 is 2.73 bits per heavy atom. The second-order valence-corrected chi connectivity index (χ2v) is 8.15. The molecular formula is C24H24N6O3. The van der Waals surface area contributed by atoms with Crippen molar-refractivity contribution in [3.8, 4) is 0 Å². The Bertz CT molecular complexity index is 1330. The van der Waals surface area contributed by atoms with E-state index in [0.717, 1.165) is 34.1 Å². The van der Waals surface area contributed by atoms with Crippen molar-refractivity contribution in [2.45, 2.75) is 18.9 Å². The minimum atomic E-state index is -0.243. The van der Waals surface area contributed by atoms with E-state index in [-0.39, 0.29) is 37.4 Å². The number of para-hydroxylation sites is 2. The van der Waals surface area contributed by atoms with Crippen LogP contribution in [0.3, 0.4) is 0 Å². The minimum absolute atomic E-state index is 0.0187. The summed E-state index contributed by atoms with van der Waals surface area (Å²) in [6.07, 6.45) is 0.771. The zero-order valence-electron chi connectivity index (χ0n) is 18.0. The van der Waals surface area contributed by atoms with E-state index in [4.69, 9.17) is 10.1 Å². The molecule has 0 spiro atoms. The second-order valence-electron chi connectivity index (χ2n) is 8.15. The lowest BCUT2D eigenvalue weighted by Gasteiger charge is -2.17. The van der Waals surface area contributed by atoms with Crippen LogP contribution in [0.25, 0.3) is 21.9 Å². The summed E-state index contributed by atoms with van der Waals surface area (Å²) in [4.78, 5) is 32.3. The molecule has 0 unspecified atom stereocenters. The first-order valence-electron chi connectivity index (χ1n) is 11.0. The first-order valence-corrected chi connectivity index (χ1v) is 11.0. The van der Waals surface area contributed by atoms with Gasteiger partial charge in [-0.2, -0.15) is 0 Å². The van der Waals surface area contributed by atoms with Crippen LogP contribution in [0.1, 0.15) is 28.4 Å². The number of rotatable bonds is 6. The normalized spacial score (nSPS) is 15.9. The molecule has 168 valence electrons. The summed E-state index contributed by atoms with van der Waals surface area (Å²) in [5.41, 5.74) is 3.66. The second kappa shape index (κ2) is 8.95. The molecule has 0 radical (unpaired) electrons. The van der Waals surface area contributed by atoms with Gasteiger partial charge in [-0.05, 0) is 30.7 Å². The first-order chi connectivity index (χ1) is 16.1. The van der Waals surface area contributed by atoms with E-state index < -0.39 is 0 Å². The lowest BCUT2D eigenvalue weighted by Crippen LogP contribution is -2.32. The zero-order chi connectivity index (χ0) is 22.8. The van der Waals surface area contributed by atoms with Crippen LogP contribution in [0, 0.1) is 0 Å². The molecule has 1 fully saturated rings. The molecule has 1 saturated heterocycles. The quantitative estimate of drug-likeness (QED) is 0.468. The smallest absolute Gasteiger partial charge is 0.252 e. The number of hydrogen-bond acceptors (Lipinski definition) is 6. The third-order valence-electron chi connectivity index (χ3n) is 6.04. The Kier molecular flexibility index (Phi) is 5.70. The SMILES string of the molecule is O=C(NCCO)c1cc([C@H]2CCN(C(=O)Cn3nnc4ccccc43)C2)nc2ccccc12. The Morgan fingerprint density at radius 2 is 1.88 bits per heavy atom. The number of fused-ring (bicyclic) bond motifs is 2. The van der Waals surface area contributed by atoms with Gasteiger partial charge in [-0.1, -0.05) is 35.5 Å². The summed E-state index contributed by atoms with van der Waals surface area (Å²) >= 11 is 0. The van der Waals surface area contributed by atoms with Crippen LogP contribution in [0.2, 0.25) is 0 Å². The van der Waals surface area contributed by atoms with Crippen LogP contribution >= 0.6 is 0 Å². The van der Waals surface area contributed by atoms with E-state index in [1.807, 2.05) is 59.5 Å². The van der Waals surface area contributed by atoms with Crippen molar-refractivity contribution in [1.82, 2.24) is 30.2 Å². The van der Waals surface area contributed by atoms with Crippen LogP contribution in [0.4, 0.5) is 0 Å². The van der Waals surface area contributed by atoms with Gasteiger partial charge in [0.25, 0.3) is 5.91 Å². The highest BCUT2D eigenvalue weighted by Crippen LogP contribution is 2.29. The number of carbonyl (C=O) groups excluding carboxylic acids is 2.